The van der Waals surface area contributed by atoms with Gasteiger partial charge in [0.25, 0.3) is 5.91 Å². The third-order valence-corrected chi connectivity index (χ3v) is 2.04. The Balaban J connectivity index is 2.64. The molecule has 5 nitrogen and oxygen atoms in total. The fourth-order valence-electron chi connectivity index (χ4n) is 1.22. The quantitative estimate of drug-likeness (QED) is 0.747. The normalized spacial score (nSPS) is 11.1. The SMILES string of the molecule is CC(C)(CCN)NC(=O)c1cncnc1. The number of hydrogen-bond acceptors (Lipinski definition) is 4. The zero-order chi connectivity index (χ0) is 11.3. The zero-order valence-electron chi connectivity index (χ0n) is 9.03. The Morgan fingerprint density at radius 1 is 1.47 bits per heavy atom. The van der Waals surface area contributed by atoms with E-state index in [0.29, 0.717) is 12.1 Å². The first-order chi connectivity index (χ1) is 7.05. The molecular formula is C10H16N4O. The topological polar surface area (TPSA) is 80.9 Å². The van der Waals surface area contributed by atoms with Crippen LogP contribution >= 0.6 is 0 Å². The van der Waals surface area contributed by atoms with Crippen molar-refractivity contribution in [2.45, 2.75) is 25.8 Å². The van der Waals surface area contributed by atoms with Gasteiger partial charge in [-0.3, -0.25) is 4.79 Å². The number of carbonyl (C=O) groups is 1. The van der Waals surface area contributed by atoms with Crippen molar-refractivity contribution in [2.24, 2.45) is 5.73 Å². The highest BCUT2D eigenvalue weighted by Crippen LogP contribution is 2.08. The molecule has 0 radical (unpaired) electrons. The van der Waals surface area contributed by atoms with Crippen LogP contribution in [0, 0.1) is 0 Å². The third kappa shape index (κ3) is 3.63. The number of nitrogens with one attached hydrogen (secondary N) is 1. The molecule has 1 aromatic heterocycles. The average Bonchev–Trinajstić information content (AvgIpc) is 2.18. The zero-order valence-corrected chi connectivity index (χ0v) is 9.03. The van der Waals surface area contributed by atoms with Crippen LogP contribution < -0.4 is 11.1 Å². The highest BCUT2D eigenvalue weighted by atomic mass is 16.1. The van der Waals surface area contributed by atoms with E-state index in [1.165, 1.54) is 18.7 Å². The minimum atomic E-state index is -0.304. The Hall–Kier alpha value is -1.49. The van der Waals surface area contributed by atoms with Crippen molar-refractivity contribution in [3.8, 4) is 0 Å². The maximum atomic E-state index is 11.7. The molecular weight excluding hydrogens is 192 g/mol. The first-order valence-corrected chi connectivity index (χ1v) is 4.83. The summed E-state index contributed by atoms with van der Waals surface area (Å²) in [6.45, 7) is 4.40. The molecule has 0 unspecified atom stereocenters. The van der Waals surface area contributed by atoms with Crippen LogP contribution in [0.1, 0.15) is 30.6 Å². The van der Waals surface area contributed by atoms with Crippen LogP contribution in [0.4, 0.5) is 0 Å². The minimum absolute atomic E-state index is 0.172. The predicted molar refractivity (Wildman–Crippen MR) is 57.2 cm³/mol. The maximum Gasteiger partial charge on any atom is 0.254 e. The Morgan fingerprint density at radius 2 is 2.07 bits per heavy atom. The summed E-state index contributed by atoms with van der Waals surface area (Å²) >= 11 is 0. The van der Waals surface area contributed by atoms with E-state index >= 15 is 0 Å². The van der Waals surface area contributed by atoms with Gasteiger partial charge in [0.1, 0.15) is 6.33 Å². The van der Waals surface area contributed by atoms with E-state index in [9.17, 15) is 4.79 Å². The molecule has 0 atom stereocenters. The molecule has 0 fully saturated rings. The van der Waals surface area contributed by atoms with Crippen molar-refractivity contribution in [2.75, 3.05) is 6.54 Å². The van der Waals surface area contributed by atoms with Gasteiger partial charge < -0.3 is 11.1 Å². The van der Waals surface area contributed by atoms with Crippen molar-refractivity contribution in [3.63, 3.8) is 0 Å². The van der Waals surface area contributed by atoms with Gasteiger partial charge in [-0.25, -0.2) is 9.97 Å². The van der Waals surface area contributed by atoms with E-state index in [1.54, 1.807) is 0 Å². The summed E-state index contributed by atoms with van der Waals surface area (Å²) in [7, 11) is 0. The molecule has 0 aliphatic heterocycles. The van der Waals surface area contributed by atoms with Crippen LogP contribution in [0.3, 0.4) is 0 Å². The molecule has 0 aliphatic rings. The molecule has 82 valence electrons. The van der Waals surface area contributed by atoms with E-state index in [2.05, 4.69) is 15.3 Å². The maximum absolute atomic E-state index is 11.7. The molecule has 3 N–H and O–H groups in total. The number of aromatic nitrogens is 2. The lowest BCUT2D eigenvalue weighted by Crippen LogP contribution is -2.44. The average molecular weight is 208 g/mol. The Morgan fingerprint density at radius 3 is 2.60 bits per heavy atom. The Labute approximate surface area is 89.1 Å². The predicted octanol–water partition coefficient (Wildman–Crippen LogP) is 0.334. The molecule has 1 heterocycles. The van der Waals surface area contributed by atoms with Gasteiger partial charge in [0.2, 0.25) is 0 Å². The van der Waals surface area contributed by atoms with Gasteiger partial charge in [-0.15, -0.1) is 0 Å². The lowest BCUT2D eigenvalue weighted by molar-refractivity contribution is 0.0909. The molecule has 1 rings (SSSR count). The van der Waals surface area contributed by atoms with Gasteiger partial charge in [0.15, 0.2) is 0 Å². The second-order valence-corrected chi connectivity index (χ2v) is 4.00. The smallest absolute Gasteiger partial charge is 0.254 e. The molecule has 0 aromatic carbocycles. The van der Waals surface area contributed by atoms with Gasteiger partial charge >= 0.3 is 0 Å². The monoisotopic (exact) mass is 208 g/mol. The van der Waals surface area contributed by atoms with Crippen LogP contribution in [-0.2, 0) is 0 Å². The van der Waals surface area contributed by atoms with Crippen LogP contribution in [0.15, 0.2) is 18.7 Å². The van der Waals surface area contributed by atoms with Crippen molar-refractivity contribution in [3.05, 3.63) is 24.3 Å². The first kappa shape index (κ1) is 11.6. The fourth-order valence-corrected chi connectivity index (χ4v) is 1.22. The van der Waals surface area contributed by atoms with E-state index in [1.807, 2.05) is 13.8 Å². The largest absolute Gasteiger partial charge is 0.347 e. The van der Waals surface area contributed by atoms with Crippen LogP contribution in [-0.4, -0.2) is 28.0 Å². The molecule has 1 aromatic rings. The third-order valence-electron chi connectivity index (χ3n) is 2.04. The number of rotatable bonds is 4. The summed E-state index contributed by atoms with van der Waals surface area (Å²) in [5, 5.41) is 2.87. The molecule has 0 bridgehead atoms. The fraction of sp³-hybridized carbons (Fsp3) is 0.500. The summed E-state index contributed by atoms with van der Waals surface area (Å²) in [5.41, 5.74) is 5.61. The Bertz CT molecular complexity index is 323. The summed E-state index contributed by atoms with van der Waals surface area (Å²) in [5.74, 6) is -0.172. The van der Waals surface area contributed by atoms with Crippen LogP contribution in [0.25, 0.3) is 0 Å². The highest BCUT2D eigenvalue weighted by Gasteiger charge is 2.20. The summed E-state index contributed by atoms with van der Waals surface area (Å²) in [6, 6.07) is 0. The molecule has 0 spiro atoms. The second-order valence-electron chi connectivity index (χ2n) is 4.00. The lowest BCUT2D eigenvalue weighted by atomic mass is 10.0. The Kier molecular flexibility index (Phi) is 3.74. The van der Waals surface area contributed by atoms with Gasteiger partial charge in [0.05, 0.1) is 5.56 Å². The lowest BCUT2D eigenvalue weighted by Gasteiger charge is -2.25. The molecule has 15 heavy (non-hydrogen) atoms. The molecule has 0 saturated heterocycles. The van der Waals surface area contributed by atoms with Gasteiger partial charge in [-0.2, -0.15) is 0 Å². The number of nitrogens with zero attached hydrogens (tertiary/aromatic N) is 2. The highest BCUT2D eigenvalue weighted by molar-refractivity contribution is 5.93. The summed E-state index contributed by atoms with van der Waals surface area (Å²) < 4.78 is 0. The van der Waals surface area contributed by atoms with Crippen LogP contribution in [0.2, 0.25) is 0 Å². The van der Waals surface area contributed by atoms with Gasteiger partial charge in [-0.05, 0) is 26.8 Å². The standard InChI is InChI=1S/C10H16N4O/c1-10(2,3-4-11)14-9(15)8-5-12-7-13-6-8/h5-7H,3-4,11H2,1-2H3,(H,14,15). The second kappa shape index (κ2) is 4.84. The number of amides is 1. The van der Waals surface area contributed by atoms with E-state index in [0.717, 1.165) is 6.42 Å². The van der Waals surface area contributed by atoms with Crippen LogP contribution in [0.5, 0.6) is 0 Å². The van der Waals surface area contributed by atoms with E-state index < -0.39 is 0 Å². The van der Waals surface area contributed by atoms with Crippen molar-refractivity contribution >= 4 is 5.91 Å². The summed E-state index contributed by atoms with van der Waals surface area (Å²) in [6.07, 6.45) is 5.09. The molecule has 5 heteroatoms. The van der Waals surface area contributed by atoms with Gasteiger partial charge in [0, 0.05) is 17.9 Å². The van der Waals surface area contributed by atoms with E-state index in [-0.39, 0.29) is 11.4 Å². The van der Waals surface area contributed by atoms with Crippen molar-refractivity contribution < 1.29 is 4.79 Å². The number of carbonyl (C=O) groups excluding carboxylic acids is 1. The number of hydrogen-bond donors (Lipinski definition) is 2. The van der Waals surface area contributed by atoms with Gasteiger partial charge in [-0.1, -0.05) is 0 Å². The van der Waals surface area contributed by atoms with Crippen molar-refractivity contribution in [1.82, 2.24) is 15.3 Å². The molecule has 0 saturated carbocycles. The molecule has 0 aliphatic carbocycles. The first-order valence-electron chi connectivity index (χ1n) is 4.83. The summed E-state index contributed by atoms with van der Waals surface area (Å²) in [4.78, 5) is 19.3. The molecule has 1 amide bonds. The number of nitrogens with two attached hydrogens (primary N) is 1. The van der Waals surface area contributed by atoms with E-state index in [4.69, 9.17) is 5.73 Å². The van der Waals surface area contributed by atoms with Crippen molar-refractivity contribution in [1.29, 1.82) is 0 Å². The minimum Gasteiger partial charge on any atom is -0.347 e.